The van der Waals surface area contributed by atoms with Gasteiger partial charge in [0.1, 0.15) is 11.3 Å². The number of nitrogens with zero attached hydrogens (tertiary/aromatic N) is 1. The molecule has 3 aliphatic heterocycles. The van der Waals surface area contributed by atoms with Crippen LogP contribution >= 0.6 is 12.4 Å². The number of hydrogen-bond acceptors (Lipinski definition) is 5. The number of furan rings is 1. The van der Waals surface area contributed by atoms with Crippen LogP contribution in [0, 0.1) is 18.8 Å². The highest BCUT2D eigenvalue weighted by atomic mass is 35.5. The number of aryl methyl sites for hydroxylation is 1. The number of carbonyl (C=O) groups excluding carboxylic acids is 2. The number of fused-ring (bicyclic) bond motifs is 2. The van der Waals surface area contributed by atoms with Crippen molar-refractivity contribution in [2.24, 2.45) is 17.6 Å². The molecule has 0 unspecified atom stereocenters. The summed E-state index contributed by atoms with van der Waals surface area (Å²) in [6.45, 7) is 3.37. The van der Waals surface area contributed by atoms with Gasteiger partial charge in [-0.25, -0.2) is 0 Å². The molecule has 2 aromatic rings. The normalized spacial score (nSPS) is 30.6. The van der Waals surface area contributed by atoms with Gasteiger partial charge in [-0.2, -0.15) is 0 Å². The number of anilines is 1. The average molecular weight is 406 g/mol. The minimum atomic E-state index is -0.509. The maximum absolute atomic E-state index is 13.1. The Morgan fingerprint density at radius 3 is 3.00 bits per heavy atom. The molecule has 0 radical (unpaired) electrons. The van der Waals surface area contributed by atoms with E-state index in [0.717, 1.165) is 29.6 Å². The Kier molecular flexibility index (Phi) is 4.64. The molecule has 3 fully saturated rings. The number of rotatable bonds is 4. The lowest BCUT2D eigenvalue weighted by atomic mass is 9.73. The molecule has 28 heavy (non-hydrogen) atoms. The molecule has 3 saturated heterocycles. The Morgan fingerprint density at radius 1 is 1.39 bits per heavy atom. The zero-order chi connectivity index (χ0) is 18.8. The number of ether oxygens (including phenoxy) is 1. The van der Waals surface area contributed by atoms with E-state index in [1.807, 2.05) is 31.2 Å². The first-order valence-electron chi connectivity index (χ1n) is 9.48. The van der Waals surface area contributed by atoms with Gasteiger partial charge in [0.15, 0.2) is 0 Å². The predicted molar refractivity (Wildman–Crippen MR) is 106 cm³/mol. The van der Waals surface area contributed by atoms with Gasteiger partial charge < -0.3 is 25.1 Å². The van der Waals surface area contributed by atoms with Crippen LogP contribution in [0.3, 0.4) is 0 Å². The lowest BCUT2D eigenvalue weighted by Crippen LogP contribution is -2.43. The average Bonchev–Trinajstić information content (AvgIpc) is 3.34. The molecule has 0 aliphatic carbocycles. The van der Waals surface area contributed by atoms with Crippen molar-refractivity contribution < 1.29 is 18.7 Å². The third kappa shape index (κ3) is 2.72. The Balaban J connectivity index is 0.00000192. The monoisotopic (exact) mass is 405 g/mol. The number of nitrogens with two attached hydrogens (primary N) is 1. The maximum Gasteiger partial charge on any atom is 0.231 e. The quantitative estimate of drug-likeness (QED) is 0.811. The zero-order valence-electron chi connectivity index (χ0n) is 15.6. The van der Waals surface area contributed by atoms with Crippen molar-refractivity contribution in [3.8, 4) is 0 Å². The van der Waals surface area contributed by atoms with Gasteiger partial charge in [-0.05, 0) is 44.0 Å². The fourth-order valence-electron chi connectivity index (χ4n) is 5.17. The number of nitrogens with one attached hydrogen (secondary N) is 1. The molecular formula is C20H24ClN3O4. The van der Waals surface area contributed by atoms with E-state index in [-0.39, 0.29) is 30.3 Å². The molecule has 0 saturated carbocycles. The minimum Gasteiger partial charge on any atom is -0.461 e. The van der Waals surface area contributed by atoms with Crippen LogP contribution in [0.15, 0.2) is 28.7 Å². The molecule has 1 aromatic heterocycles. The Morgan fingerprint density at radius 2 is 2.21 bits per heavy atom. The van der Waals surface area contributed by atoms with Crippen molar-refractivity contribution in [1.82, 2.24) is 4.90 Å². The minimum absolute atomic E-state index is 0. The van der Waals surface area contributed by atoms with Gasteiger partial charge in [-0.3, -0.25) is 9.59 Å². The van der Waals surface area contributed by atoms with Crippen LogP contribution in [0.25, 0.3) is 11.0 Å². The lowest BCUT2D eigenvalue weighted by Gasteiger charge is -2.27. The molecule has 2 bridgehead atoms. The molecule has 150 valence electrons. The largest absolute Gasteiger partial charge is 0.461 e. The summed E-state index contributed by atoms with van der Waals surface area (Å²) in [6, 6.07) is 7.50. The molecule has 2 amide bonds. The fourth-order valence-corrected chi connectivity index (χ4v) is 5.17. The molecule has 4 heterocycles. The van der Waals surface area contributed by atoms with E-state index < -0.39 is 17.4 Å². The predicted octanol–water partition coefficient (Wildman–Crippen LogP) is 2.07. The van der Waals surface area contributed by atoms with Crippen molar-refractivity contribution in [2.45, 2.75) is 31.5 Å². The first kappa shape index (κ1) is 19.2. The first-order chi connectivity index (χ1) is 13.0. The maximum atomic E-state index is 13.1. The van der Waals surface area contributed by atoms with Crippen molar-refractivity contribution in [2.75, 3.05) is 25.0 Å². The third-order valence-electron chi connectivity index (χ3n) is 6.21. The summed E-state index contributed by atoms with van der Waals surface area (Å²) in [6.07, 6.45) is 1.47. The van der Waals surface area contributed by atoms with E-state index in [0.29, 0.717) is 25.3 Å². The highest BCUT2D eigenvalue weighted by Crippen LogP contribution is 2.55. The van der Waals surface area contributed by atoms with Crippen LogP contribution in [0.2, 0.25) is 0 Å². The Labute approximate surface area is 169 Å². The number of hydrogen-bond donors (Lipinski definition) is 2. The molecule has 5 rings (SSSR count). The standard InChI is InChI=1S/C20H23N3O4.ClH/c1-11-8-12-9-13(2-3-14(12)26-11)22-18(24)16-15-4-5-20(27-15)10-23(7-6-21)19(25)17(16)20;/h2-3,8-9,15-17H,4-7,10,21H2,1H3,(H,22,24);1H/t15-,16-,17+,20-;/m0./s1. The second-order valence-electron chi connectivity index (χ2n) is 7.91. The van der Waals surface area contributed by atoms with Gasteiger partial charge in [-0.1, -0.05) is 0 Å². The van der Waals surface area contributed by atoms with Crippen molar-refractivity contribution >= 4 is 40.9 Å². The summed E-state index contributed by atoms with van der Waals surface area (Å²) in [5, 5.41) is 3.93. The Hall–Kier alpha value is -2.09. The number of likely N-dealkylation sites (tertiary alicyclic amines) is 1. The van der Waals surface area contributed by atoms with Crippen molar-refractivity contribution in [1.29, 1.82) is 0 Å². The topological polar surface area (TPSA) is 97.8 Å². The van der Waals surface area contributed by atoms with Crippen molar-refractivity contribution in [3.63, 3.8) is 0 Å². The number of benzene rings is 1. The van der Waals surface area contributed by atoms with Gasteiger partial charge in [-0.15, -0.1) is 12.4 Å². The molecule has 8 heteroatoms. The van der Waals surface area contributed by atoms with Crippen molar-refractivity contribution in [3.05, 3.63) is 30.0 Å². The summed E-state index contributed by atoms with van der Waals surface area (Å²) in [4.78, 5) is 27.7. The van der Waals surface area contributed by atoms with E-state index in [2.05, 4.69) is 5.32 Å². The molecule has 7 nitrogen and oxygen atoms in total. The zero-order valence-corrected chi connectivity index (χ0v) is 16.5. The summed E-state index contributed by atoms with van der Waals surface area (Å²) < 4.78 is 11.8. The van der Waals surface area contributed by atoms with E-state index in [9.17, 15) is 9.59 Å². The van der Waals surface area contributed by atoms with Crippen LogP contribution in [-0.4, -0.2) is 48.1 Å². The third-order valence-corrected chi connectivity index (χ3v) is 6.21. The van der Waals surface area contributed by atoms with Gasteiger partial charge in [0.25, 0.3) is 0 Å². The Bertz CT molecular complexity index is 945. The number of carbonyl (C=O) groups is 2. The second-order valence-corrected chi connectivity index (χ2v) is 7.91. The van der Waals surface area contributed by atoms with Crippen LogP contribution < -0.4 is 11.1 Å². The molecular weight excluding hydrogens is 382 g/mol. The van der Waals surface area contributed by atoms with Gasteiger partial charge >= 0.3 is 0 Å². The number of halogens is 1. The van der Waals surface area contributed by atoms with E-state index in [4.69, 9.17) is 14.9 Å². The summed E-state index contributed by atoms with van der Waals surface area (Å²) in [7, 11) is 0. The molecule has 3 aliphatic rings. The lowest BCUT2D eigenvalue weighted by molar-refractivity contribution is -0.136. The fraction of sp³-hybridized carbons (Fsp3) is 0.500. The summed E-state index contributed by atoms with van der Waals surface area (Å²) in [5.74, 6) is -0.162. The van der Waals surface area contributed by atoms with Gasteiger partial charge in [0.05, 0.1) is 30.1 Å². The summed E-state index contributed by atoms with van der Waals surface area (Å²) >= 11 is 0. The van der Waals surface area contributed by atoms with Gasteiger partial charge in [0.2, 0.25) is 11.8 Å². The van der Waals surface area contributed by atoms with Crippen LogP contribution in [0.4, 0.5) is 5.69 Å². The second kappa shape index (κ2) is 6.76. The van der Waals surface area contributed by atoms with E-state index in [1.165, 1.54) is 0 Å². The van der Waals surface area contributed by atoms with E-state index >= 15 is 0 Å². The van der Waals surface area contributed by atoms with Crippen LogP contribution in [0.5, 0.6) is 0 Å². The highest BCUT2D eigenvalue weighted by molar-refractivity contribution is 5.99. The SMILES string of the molecule is Cc1cc2cc(NC(=O)[C@H]3[C@@H]4CC[C@@]5(CN(CCN)C(=O)[C@@H]35)O4)ccc2o1.Cl. The van der Waals surface area contributed by atoms with Crippen LogP contribution in [0.1, 0.15) is 18.6 Å². The molecule has 1 aromatic carbocycles. The smallest absolute Gasteiger partial charge is 0.231 e. The number of amides is 2. The molecule has 3 N–H and O–H groups in total. The van der Waals surface area contributed by atoms with E-state index in [1.54, 1.807) is 4.90 Å². The first-order valence-corrected chi connectivity index (χ1v) is 9.48. The highest BCUT2D eigenvalue weighted by Gasteiger charge is 2.68. The van der Waals surface area contributed by atoms with Gasteiger partial charge in [0, 0.05) is 24.2 Å². The molecule has 4 atom stereocenters. The van der Waals surface area contributed by atoms with Crippen LogP contribution in [-0.2, 0) is 14.3 Å². The summed E-state index contributed by atoms with van der Waals surface area (Å²) in [5.41, 5.74) is 6.62. The molecule has 1 spiro atoms.